The van der Waals surface area contributed by atoms with Gasteiger partial charge in [-0.3, -0.25) is 9.59 Å². The lowest BCUT2D eigenvalue weighted by Crippen LogP contribution is -2.48. The maximum absolute atomic E-state index is 12.6. The summed E-state index contributed by atoms with van der Waals surface area (Å²) in [7, 11) is 0. The van der Waals surface area contributed by atoms with Crippen molar-refractivity contribution in [2.24, 2.45) is 5.92 Å². The van der Waals surface area contributed by atoms with Crippen LogP contribution in [-0.4, -0.2) is 41.4 Å². The van der Waals surface area contributed by atoms with Gasteiger partial charge >= 0.3 is 24.0 Å². The van der Waals surface area contributed by atoms with Gasteiger partial charge in [0.2, 0.25) is 0 Å². The van der Waals surface area contributed by atoms with Gasteiger partial charge in [0, 0.05) is 13.8 Å². The topological polar surface area (TPSA) is 117 Å². The summed E-state index contributed by atoms with van der Waals surface area (Å²) < 4.78 is 20.7. The number of amides is 1. The fraction of sp³-hybridized carbons (Fsp3) is 0.545. The molecule has 1 saturated heterocycles. The summed E-state index contributed by atoms with van der Waals surface area (Å²) in [5, 5.41) is 2.46. The zero-order valence-corrected chi connectivity index (χ0v) is 18.4. The fourth-order valence-corrected chi connectivity index (χ4v) is 2.84. The first-order valence-electron chi connectivity index (χ1n) is 10.0. The number of carbonyl (C=O) groups is 4. The summed E-state index contributed by atoms with van der Waals surface area (Å²) in [6.07, 6.45) is -0.944. The molecule has 9 nitrogen and oxygen atoms in total. The average molecular weight is 435 g/mol. The molecule has 1 amide bonds. The minimum Gasteiger partial charge on any atom is -0.459 e. The van der Waals surface area contributed by atoms with E-state index in [1.165, 1.54) is 13.8 Å². The Labute approximate surface area is 181 Å². The van der Waals surface area contributed by atoms with E-state index in [0.717, 1.165) is 5.56 Å². The van der Waals surface area contributed by atoms with Crippen LogP contribution in [0.25, 0.3) is 0 Å². The molecular weight excluding hydrogens is 406 g/mol. The van der Waals surface area contributed by atoms with Crippen LogP contribution in [0.2, 0.25) is 0 Å². The second-order valence-electron chi connectivity index (χ2n) is 8.66. The van der Waals surface area contributed by atoms with Crippen LogP contribution >= 0.6 is 0 Å². The molecule has 2 rings (SSSR count). The second kappa shape index (κ2) is 9.80. The molecule has 0 radical (unpaired) electrons. The summed E-state index contributed by atoms with van der Waals surface area (Å²) in [6.45, 7) is 7.97. The first-order chi connectivity index (χ1) is 14.4. The average Bonchev–Trinajstić information content (AvgIpc) is 2.63. The molecule has 1 heterocycles. The van der Waals surface area contributed by atoms with Crippen molar-refractivity contribution in [3.63, 3.8) is 0 Å². The van der Waals surface area contributed by atoms with Gasteiger partial charge in [-0.1, -0.05) is 30.3 Å². The highest BCUT2D eigenvalue weighted by molar-refractivity contribution is 5.96. The Hall–Kier alpha value is -3.10. The number of hydrogen-bond donors (Lipinski definition) is 1. The molecule has 1 aromatic rings. The van der Waals surface area contributed by atoms with Crippen LogP contribution in [-0.2, 0) is 39.9 Å². The third-order valence-electron chi connectivity index (χ3n) is 4.21. The van der Waals surface area contributed by atoms with Crippen molar-refractivity contribution >= 4 is 24.0 Å². The fourth-order valence-electron chi connectivity index (χ4n) is 2.84. The monoisotopic (exact) mass is 435 g/mol. The van der Waals surface area contributed by atoms with Crippen molar-refractivity contribution in [1.82, 2.24) is 5.32 Å². The van der Waals surface area contributed by atoms with E-state index in [1.807, 2.05) is 6.07 Å². The predicted octanol–water partition coefficient (Wildman–Crippen LogP) is 2.86. The normalized spacial score (nSPS) is 17.2. The van der Waals surface area contributed by atoms with Crippen LogP contribution in [0.5, 0.6) is 0 Å². The zero-order chi connectivity index (χ0) is 23.2. The summed E-state index contributed by atoms with van der Waals surface area (Å²) in [6, 6.07) is 7.90. The molecule has 0 unspecified atom stereocenters. The molecule has 0 saturated carbocycles. The Balaban J connectivity index is 2.04. The van der Waals surface area contributed by atoms with Crippen molar-refractivity contribution in [1.29, 1.82) is 0 Å². The zero-order valence-electron chi connectivity index (χ0n) is 18.4. The SMILES string of the molecule is CC(C)(C)OC(=O)N[C@@H](CCC1C(=O)OC(C)(C)OC1=O)C(=O)OCc1ccccc1. The van der Waals surface area contributed by atoms with Gasteiger partial charge in [-0.2, -0.15) is 0 Å². The second-order valence-corrected chi connectivity index (χ2v) is 8.66. The molecule has 1 N–H and O–H groups in total. The molecule has 1 atom stereocenters. The lowest BCUT2D eigenvalue weighted by Gasteiger charge is -2.33. The van der Waals surface area contributed by atoms with Gasteiger partial charge in [-0.05, 0) is 39.2 Å². The Bertz CT molecular complexity index is 793. The van der Waals surface area contributed by atoms with Crippen molar-refractivity contribution in [2.45, 2.75) is 71.5 Å². The molecule has 1 aliphatic heterocycles. The number of cyclic esters (lactones) is 2. The van der Waals surface area contributed by atoms with E-state index in [9.17, 15) is 19.2 Å². The lowest BCUT2D eigenvalue weighted by molar-refractivity contribution is -0.240. The van der Waals surface area contributed by atoms with Crippen LogP contribution in [0.15, 0.2) is 30.3 Å². The van der Waals surface area contributed by atoms with E-state index in [1.54, 1.807) is 45.0 Å². The van der Waals surface area contributed by atoms with Gasteiger partial charge in [0.1, 0.15) is 18.2 Å². The number of nitrogens with one attached hydrogen (secondary N) is 1. The molecule has 0 spiro atoms. The van der Waals surface area contributed by atoms with E-state index in [0.29, 0.717) is 0 Å². The molecule has 1 aromatic carbocycles. The maximum atomic E-state index is 12.6. The Morgan fingerprint density at radius 2 is 1.68 bits per heavy atom. The maximum Gasteiger partial charge on any atom is 0.408 e. The number of ether oxygens (including phenoxy) is 4. The van der Waals surface area contributed by atoms with Crippen LogP contribution in [0.3, 0.4) is 0 Å². The highest BCUT2D eigenvalue weighted by atomic mass is 16.7. The molecule has 1 fully saturated rings. The molecule has 170 valence electrons. The molecule has 0 aliphatic carbocycles. The third-order valence-corrected chi connectivity index (χ3v) is 4.21. The molecule has 1 aliphatic rings. The number of carbonyl (C=O) groups excluding carboxylic acids is 4. The lowest BCUT2D eigenvalue weighted by atomic mass is 9.98. The first kappa shape index (κ1) is 24.2. The van der Waals surface area contributed by atoms with Gasteiger partial charge in [0.15, 0.2) is 5.92 Å². The minimum atomic E-state index is -1.34. The smallest absolute Gasteiger partial charge is 0.408 e. The number of esters is 3. The van der Waals surface area contributed by atoms with Crippen LogP contribution < -0.4 is 5.32 Å². The summed E-state index contributed by atoms with van der Waals surface area (Å²) in [5.74, 6) is -4.73. The number of hydrogen-bond acceptors (Lipinski definition) is 8. The van der Waals surface area contributed by atoms with E-state index in [-0.39, 0.29) is 19.4 Å². The van der Waals surface area contributed by atoms with Crippen LogP contribution in [0.4, 0.5) is 4.79 Å². The largest absolute Gasteiger partial charge is 0.459 e. The highest BCUT2D eigenvalue weighted by Gasteiger charge is 2.43. The number of benzene rings is 1. The number of rotatable bonds is 7. The quantitative estimate of drug-likeness (QED) is 0.395. The first-order valence-corrected chi connectivity index (χ1v) is 10.0. The van der Waals surface area contributed by atoms with E-state index < -0.39 is 47.3 Å². The molecular formula is C22H29NO8. The van der Waals surface area contributed by atoms with Gasteiger partial charge in [0.05, 0.1) is 0 Å². The predicted molar refractivity (Wildman–Crippen MR) is 108 cm³/mol. The van der Waals surface area contributed by atoms with E-state index in [4.69, 9.17) is 18.9 Å². The Morgan fingerprint density at radius 1 is 1.10 bits per heavy atom. The van der Waals surface area contributed by atoms with Crippen LogP contribution in [0, 0.1) is 5.92 Å². The Morgan fingerprint density at radius 3 is 2.23 bits per heavy atom. The summed E-state index contributed by atoms with van der Waals surface area (Å²) >= 11 is 0. The van der Waals surface area contributed by atoms with Gasteiger partial charge in [0.25, 0.3) is 5.79 Å². The Kier molecular flexibility index (Phi) is 7.65. The molecule has 31 heavy (non-hydrogen) atoms. The standard InChI is InChI=1S/C22H29NO8/c1-21(2,3)31-20(27)23-16(19(26)28-13-14-9-7-6-8-10-14)12-11-15-17(24)29-22(4,5)30-18(15)25/h6-10,15-16H,11-13H2,1-5H3,(H,23,27)/t16-/m0/s1. The number of alkyl carbamates (subject to hydrolysis) is 1. The van der Waals surface area contributed by atoms with Gasteiger partial charge in [-0.15, -0.1) is 0 Å². The van der Waals surface area contributed by atoms with E-state index >= 15 is 0 Å². The van der Waals surface area contributed by atoms with Crippen molar-refractivity contribution in [3.05, 3.63) is 35.9 Å². The minimum absolute atomic E-state index is 0.00781. The summed E-state index contributed by atoms with van der Waals surface area (Å²) in [4.78, 5) is 49.2. The molecule has 0 bridgehead atoms. The molecule has 9 heteroatoms. The third kappa shape index (κ3) is 7.92. The van der Waals surface area contributed by atoms with Gasteiger partial charge in [-0.25, -0.2) is 9.59 Å². The van der Waals surface area contributed by atoms with Crippen molar-refractivity contribution < 1.29 is 38.1 Å². The highest BCUT2D eigenvalue weighted by Crippen LogP contribution is 2.26. The van der Waals surface area contributed by atoms with Crippen LogP contribution in [0.1, 0.15) is 53.0 Å². The van der Waals surface area contributed by atoms with E-state index in [2.05, 4.69) is 5.32 Å². The van der Waals surface area contributed by atoms with Crippen molar-refractivity contribution in [2.75, 3.05) is 0 Å². The van der Waals surface area contributed by atoms with Gasteiger partial charge < -0.3 is 24.3 Å². The van der Waals surface area contributed by atoms with Crippen molar-refractivity contribution in [3.8, 4) is 0 Å². The molecule has 0 aromatic heterocycles. The summed E-state index contributed by atoms with van der Waals surface area (Å²) in [5.41, 5.74) is -0.000885.